The lowest BCUT2D eigenvalue weighted by molar-refractivity contribution is 0.296. The van der Waals surface area contributed by atoms with Gasteiger partial charge in [-0.1, -0.05) is 13.8 Å². The Balaban J connectivity index is 3.60. The van der Waals surface area contributed by atoms with Crippen molar-refractivity contribution in [3.05, 3.63) is 0 Å². The molecule has 0 saturated carbocycles. The van der Waals surface area contributed by atoms with Crippen molar-refractivity contribution < 1.29 is 0 Å². The van der Waals surface area contributed by atoms with Gasteiger partial charge in [0.15, 0.2) is 0 Å². The van der Waals surface area contributed by atoms with E-state index in [1.807, 2.05) is 11.8 Å². The summed E-state index contributed by atoms with van der Waals surface area (Å²) in [4.78, 5) is 2.42. The van der Waals surface area contributed by atoms with Crippen molar-refractivity contribution in [2.24, 2.45) is 17.6 Å². The molecule has 2 nitrogen and oxygen atoms in total. The fourth-order valence-corrected chi connectivity index (χ4v) is 2.25. The Morgan fingerprint density at radius 2 is 1.93 bits per heavy atom. The third-order valence-electron chi connectivity index (χ3n) is 2.73. The predicted molar refractivity (Wildman–Crippen MR) is 72.5 cm³/mol. The van der Waals surface area contributed by atoms with E-state index in [2.05, 4.69) is 32.1 Å². The molecule has 0 fully saturated rings. The monoisotopic (exact) mass is 232 g/mol. The van der Waals surface area contributed by atoms with Crippen LogP contribution in [0.4, 0.5) is 0 Å². The minimum absolute atomic E-state index is 0.710. The summed E-state index contributed by atoms with van der Waals surface area (Å²) >= 11 is 1.91. The molecule has 2 N–H and O–H groups in total. The summed E-state index contributed by atoms with van der Waals surface area (Å²) in [6.45, 7) is 7.78. The summed E-state index contributed by atoms with van der Waals surface area (Å²) in [5, 5.41) is 0. The van der Waals surface area contributed by atoms with Gasteiger partial charge >= 0.3 is 0 Å². The average molecular weight is 232 g/mol. The van der Waals surface area contributed by atoms with E-state index in [-0.39, 0.29) is 0 Å². The van der Waals surface area contributed by atoms with Crippen LogP contribution in [0.15, 0.2) is 0 Å². The molecule has 0 heterocycles. The van der Waals surface area contributed by atoms with Crippen LogP contribution in [0.2, 0.25) is 0 Å². The fourth-order valence-electron chi connectivity index (χ4n) is 1.76. The molecule has 0 rings (SSSR count). The normalized spacial score (nSPS) is 13.8. The van der Waals surface area contributed by atoms with Gasteiger partial charge in [0.1, 0.15) is 0 Å². The summed E-state index contributed by atoms with van der Waals surface area (Å²) in [5.74, 6) is 2.71. The Bertz CT molecular complexity index is 140. The minimum Gasteiger partial charge on any atom is -0.330 e. The molecule has 1 atom stereocenters. The van der Waals surface area contributed by atoms with Crippen molar-refractivity contribution in [2.45, 2.75) is 26.7 Å². The van der Waals surface area contributed by atoms with E-state index in [4.69, 9.17) is 5.73 Å². The molecular formula is C12H28N2S. The summed E-state index contributed by atoms with van der Waals surface area (Å²) in [6.07, 6.45) is 4.68. The maximum Gasteiger partial charge on any atom is 0.00692 e. The van der Waals surface area contributed by atoms with E-state index < -0.39 is 0 Å². The third kappa shape index (κ3) is 9.21. The van der Waals surface area contributed by atoms with Crippen LogP contribution in [0.5, 0.6) is 0 Å². The lowest BCUT2D eigenvalue weighted by Crippen LogP contribution is -2.27. The van der Waals surface area contributed by atoms with Crippen molar-refractivity contribution in [3.63, 3.8) is 0 Å². The first-order valence-electron chi connectivity index (χ1n) is 5.97. The number of nitrogens with zero attached hydrogens (tertiary/aromatic N) is 1. The van der Waals surface area contributed by atoms with Crippen LogP contribution in [-0.4, -0.2) is 43.6 Å². The molecule has 92 valence electrons. The molecule has 0 aromatic heterocycles. The maximum atomic E-state index is 5.78. The Kier molecular flexibility index (Phi) is 9.66. The molecule has 0 aromatic rings. The van der Waals surface area contributed by atoms with Gasteiger partial charge in [0.05, 0.1) is 0 Å². The van der Waals surface area contributed by atoms with Gasteiger partial charge in [-0.2, -0.15) is 11.8 Å². The number of nitrogens with two attached hydrogens (primary N) is 1. The summed E-state index contributed by atoms with van der Waals surface area (Å²) in [6, 6.07) is 0. The van der Waals surface area contributed by atoms with Crippen molar-refractivity contribution >= 4 is 11.8 Å². The van der Waals surface area contributed by atoms with E-state index in [1.54, 1.807) is 0 Å². The average Bonchev–Trinajstić information content (AvgIpc) is 2.20. The van der Waals surface area contributed by atoms with Crippen LogP contribution < -0.4 is 5.73 Å². The summed E-state index contributed by atoms with van der Waals surface area (Å²) in [7, 11) is 2.21. The van der Waals surface area contributed by atoms with Crippen LogP contribution in [0.1, 0.15) is 26.7 Å². The van der Waals surface area contributed by atoms with Gasteiger partial charge < -0.3 is 10.6 Å². The van der Waals surface area contributed by atoms with Crippen LogP contribution in [0.3, 0.4) is 0 Å². The largest absolute Gasteiger partial charge is 0.330 e. The lowest BCUT2D eigenvalue weighted by Gasteiger charge is -2.21. The van der Waals surface area contributed by atoms with Gasteiger partial charge in [-0.15, -0.1) is 0 Å². The van der Waals surface area contributed by atoms with Crippen LogP contribution in [-0.2, 0) is 0 Å². The number of rotatable bonds is 9. The first-order valence-corrected chi connectivity index (χ1v) is 7.37. The van der Waals surface area contributed by atoms with Crippen molar-refractivity contribution in [1.82, 2.24) is 4.90 Å². The van der Waals surface area contributed by atoms with Crippen LogP contribution in [0.25, 0.3) is 0 Å². The Hall–Kier alpha value is 0.270. The Morgan fingerprint density at radius 1 is 1.27 bits per heavy atom. The molecule has 0 amide bonds. The Morgan fingerprint density at radius 3 is 2.40 bits per heavy atom. The van der Waals surface area contributed by atoms with Gasteiger partial charge in [-0.05, 0) is 51.1 Å². The van der Waals surface area contributed by atoms with Gasteiger partial charge in [-0.3, -0.25) is 0 Å². The molecule has 0 aliphatic rings. The Labute approximate surface area is 100.0 Å². The molecule has 0 aliphatic heterocycles. The van der Waals surface area contributed by atoms with E-state index in [1.165, 1.54) is 31.7 Å². The molecule has 0 aromatic carbocycles. The van der Waals surface area contributed by atoms with Crippen molar-refractivity contribution in [3.8, 4) is 0 Å². The molecular weight excluding hydrogens is 204 g/mol. The first kappa shape index (κ1) is 15.3. The van der Waals surface area contributed by atoms with E-state index in [9.17, 15) is 0 Å². The molecule has 15 heavy (non-hydrogen) atoms. The first-order chi connectivity index (χ1) is 7.10. The zero-order valence-corrected chi connectivity index (χ0v) is 11.6. The maximum absolute atomic E-state index is 5.78. The lowest BCUT2D eigenvalue weighted by atomic mass is 9.94. The van der Waals surface area contributed by atoms with Crippen molar-refractivity contribution in [1.29, 1.82) is 0 Å². The van der Waals surface area contributed by atoms with Crippen LogP contribution in [0, 0.1) is 11.8 Å². The highest BCUT2D eigenvalue weighted by Gasteiger charge is 2.09. The predicted octanol–water partition coefficient (Wildman–Crippen LogP) is 2.29. The number of thioether (sulfide) groups is 1. The third-order valence-corrected chi connectivity index (χ3v) is 3.33. The highest BCUT2D eigenvalue weighted by molar-refractivity contribution is 7.98. The summed E-state index contributed by atoms with van der Waals surface area (Å²) in [5.41, 5.74) is 5.78. The van der Waals surface area contributed by atoms with Gasteiger partial charge in [0, 0.05) is 12.3 Å². The number of hydrogen-bond donors (Lipinski definition) is 1. The zero-order valence-electron chi connectivity index (χ0n) is 10.8. The van der Waals surface area contributed by atoms with Gasteiger partial charge in [0.25, 0.3) is 0 Å². The topological polar surface area (TPSA) is 29.3 Å². The molecule has 0 saturated heterocycles. The number of hydrogen-bond acceptors (Lipinski definition) is 3. The molecule has 0 aliphatic carbocycles. The molecule has 1 unspecified atom stereocenters. The second kappa shape index (κ2) is 9.49. The highest BCUT2D eigenvalue weighted by Crippen LogP contribution is 2.14. The van der Waals surface area contributed by atoms with Gasteiger partial charge in [-0.25, -0.2) is 0 Å². The second-order valence-corrected chi connectivity index (χ2v) is 5.80. The SMILES string of the molecule is CSCCN(C)CCC(CN)CC(C)C. The van der Waals surface area contributed by atoms with Crippen LogP contribution >= 0.6 is 11.8 Å². The van der Waals surface area contributed by atoms with Crippen molar-refractivity contribution in [2.75, 3.05) is 38.7 Å². The fraction of sp³-hybridized carbons (Fsp3) is 1.00. The summed E-state index contributed by atoms with van der Waals surface area (Å²) < 4.78 is 0. The van der Waals surface area contributed by atoms with E-state index in [0.717, 1.165) is 12.5 Å². The molecule has 0 spiro atoms. The van der Waals surface area contributed by atoms with E-state index in [0.29, 0.717) is 5.92 Å². The second-order valence-electron chi connectivity index (χ2n) is 4.82. The molecule has 0 radical (unpaired) electrons. The molecule has 0 bridgehead atoms. The quantitative estimate of drug-likeness (QED) is 0.661. The molecule has 3 heteroatoms. The smallest absolute Gasteiger partial charge is 0.00692 e. The standard InChI is InChI=1S/C12H28N2S/c1-11(2)9-12(10-13)5-6-14(3)7-8-15-4/h11-12H,5-10,13H2,1-4H3. The van der Waals surface area contributed by atoms with E-state index >= 15 is 0 Å². The highest BCUT2D eigenvalue weighted by atomic mass is 32.2. The van der Waals surface area contributed by atoms with Gasteiger partial charge in [0.2, 0.25) is 0 Å². The zero-order chi connectivity index (χ0) is 11.7. The minimum atomic E-state index is 0.710.